The van der Waals surface area contributed by atoms with Crippen LogP contribution in [0.4, 0.5) is 0 Å². The molecule has 1 aliphatic heterocycles. The normalized spacial score (nSPS) is 12.6. The van der Waals surface area contributed by atoms with Gasteiger partial charge in [-0.15, -0.1) is 0 Å². The zero-order chi connectivity index (χ0) is 18.5. The lowest BCUT2D eigenvalue weighted by Gasteiger charge is -2.21. The van der Waals surface area contributed by atoms with E-state index in [1.54, 1.807) is 11.9 Å². The molecule has 2 aromatic rings. The summed E-state index contributed by atoms with van der Waals surface area (Å²) in [6, 6.07) is 11.9. The van der Waals surface area contributed by atoms with Crippen LogP contribution in [0.1, 0.15) is 23.1 Å². The molecule has 0 radical (unpaired) electrons. The molecule has 0 spiro atoms. The highest BCUT2D eigenvalue weighted by Crippen LogP contribution is 2.31. The summed E-state index contributed by atoms with van der Waals surface area (Å²) in [5.41, 5.74) is 3.24. The van der Waals surface area contributed by atoms with Crippen LogP contribution < -0.4 is 14.2 Å². The largest absolute Gasteiger partial charge is 0.493 e. The van der Waals surface area contributed by atoms with Crippen LogP contribution in [-0.2, 0) is 11.3 Å². The molecule has 1 heterocycles. The molecular formula is C21H25NO4. The van der Waals surface area contributed by atoms with E-state index in [2.05, 4.69) is 6.07 Å². The Hall–Kier alpha value is -2.69. The minimum absolute atomic E-state index is 0.0465. The molecule has 0 bridgehead atoms. The molecular weight excluding hydrogens is 330 g/mol. The van der Waals surface area contributed by atoms with E-state index in [9.17, 15) is 4.79 Å². The summed E-state index contributed by atoms with van der Waals surface area (Å²) in [6.45, 7) is 6.06. The minimum atomic E-state index is 0.0465. The fourth-order valence-corrected chi connectivity index (χ4v) is 2.85. The lowest BCUT2D eigenvalue weighted by Crippen LogP contribution is -2.27. The van der Waals surface area contributed by atoms with Crippen molar-refractivity contribution in [2.45, 2.75) is 26.8 Å². The van der Waals surface area contributed by atoms with Crippen molar-refractivity contribution in [3.8, 4) is 17.2 Å². The second kappa shape index (κ2) is 8.13. The van der Waals surface area contributed by atoms with Gasteiger partial charge in [0.25, 0.3) is 0 Å². The molecule has 5 heteroatoms. The molecule has 0 atom stereocenters. The fourth-order valence-electron chi connectivity index (χ4n) is 2.85. The highest BCUT2D eigenvalue weighted by Gasteiger charge is 2.14. The third kappa shape index (κ3) is 4.48. The van der Waals surface area contributed by atoms with Gasteiger partial charge >= 0.3 is 0 Å². The predicted molar refractivity (Wildman–Crippen MR) is 99.9 cm³/mol. The average Bonchev–Trinajstić information content (AvgIpc) is 2.64. The number of carbonyl (C=O) groups is 1. The van der Waals surface area contributed by atoms with Crippen molar-refractivity contribution >= 4 is 5.91 Å². The van der Waals surface area contributed by atoms with Crippen molar-refractivity contribution in [2.75, 3.05) is 26.9 Å². The minimum Gasteiger partial charge on any atom is -0.493 e. The number of rotatable bonds is 6. The number of hydrogen-bond acceptors (Lipinski definition) is 4. The Morgan fingerprint density at radius 3 is 2.65 bits per heavy atom. The van der Waals surface area contributed by atoms with E-state index in [1.807, 2.05) is 44.2 Å². The van der Waals surface area contributed by atoms with Crippen LogP contribution in [0.25, 0.3) is 0 Å². The van der Waals surface area contributed by atoms with Crippen LogP contribution in [-0.4, -0.2) is 37.7 Å². The van der Waals surface area contributed by atoms with E-state index >= 15 is 0 Å². The summed E-state index contributed by atoms with van der Waals surface area (Å²) in [7, 11) is 1.80. The summed E-state index contributed by atoms with van der Waals surface area (Å²) in [5, 5.41) is 0. The first-order chi connectivity index (χ1) is 12.5. The van der Waals surface area contributed by atoms with E-state index in [1.165, 1.54) is 0 Å². The molecule has 138 valence electrons. The van der Waals surface area contributed by atoms with Gasteiger partial charge < -0.3 is 19.1 Å². The highest BCUT2D eigenvalue weighted by atomic mass is 16.6. The van der Waals surface area contributed by atoms with Crippen molar-refractivity contribution < 1.29 is 19.0 Å². The molecule has 2 aromatic carbocycles. The first-order valence-electron chi connectivity index (χ1n) is 8.85. The standard InChI is InChI=1S/C21H25NO4/c1-15-4-5-16(2)19(12-15)24-9-8-21(23)22(3)14-17-6-7-18-20(13-17)26-11-10-25-18/h4-7,12-13H,8-11,14H2,1-3H3. The fraction of sp³-hybridized carbons (Fsp3) is 0.381. The van der Waals surface area contributed by atoms with Crippen molar-refractivity contribution in [3.63, 3.8) is 0 Å². The van der Waals surface area contributed by atoms with E-state index in [4.69, 9.17) is 14.2 Å². The van der Waals surface area contributed by atoms with Gasteiger partial charge in [0, 0.05) is 13.6 Å². The van der Waals surface area contributed by atoms with Gasteiger partial charge in [-0.2, -0.15) is 0 Å². The number of benzene rings is 2. The molecule has 0 saturated heterocycles. The number of aryl methyl sites for hydroxylation is 2. The quantitative estimate of drug-likeness (QED) is 0.796. The van der Waals surface area contributed by atoms with Crippen molar-refractivity contribution in [1.82, 2.24) is 4.90 Å². The maximum absolute atomic E-state index is 12.4. The van der Waals surface area contributed by atoms with Gasteiger partial charge in [0.1, 0.15) is 19.0 Å². The zero-order valence-electron chi connectivity index (χ0n) is 15.6. The smallest absolute Gasteiger partial charge is 0.226 e. The number of fused-ring (bicyclic) bond motifs is 1. The van der Waals surface area contributed by atoms with Gasteiger partial charge in [-0.25, -0.2) is 0 Å². The summed E-state index contributed by atoms with van der Waals surface area (Å²) >= 11 is 0. The van der Waals surface area contributed by atoms with Gasteiger partial charge in [0.2, 0.25) is 5.91 Å². The predicted octanol–water partition coefficient (Wildman–Crippen LogP) is 3.50. The maximum atomic E-state index is 12.4. The Morgan fingerprint density at radius 2 is 1.85 bits per heavy atom. The second-order valence-corrected chi connectivity index (χ2v) is 6.60. The van der Waals surface area contributed by atoms with Crippen molar-refractivity contribution in [3.05, 3.63) is 53.1 Å². The molecule has 0 fully saturated rings. The molecule has 0 aliphatic carbocycles. The highest BCUT2D eigenvalue weighted by molar-refractivity contribution is 5.76. The third-order valence-corrected chi connectivity index (χ3v) is 4.37. The van der Waals surface area contributed by atoms with Crippen molar-refractivity contribution in [1.29, 1.82) is 0 Å². The van der Waals surface area contributed by atoms with Crippen LogP contribution >= 0.6 is 0 Å². The molecule has 0 unspecified atom stereocenters. The molecule has 1 aliphatic rings. The molecule has 3 rings (SSSR count). The Morgan fingerprint density at radius 1 is 1.08 bits per heavy atom. The summed E-state index contributed by atoms with van der Waals surface area (Å²) in [4.78, 5) is 14.1. The van der Waals surface area contributed by atoms with Gasteiger partial charge in [0.05, 0.1) is 13.0 Å². The number of hydrogen-bond donors (Lipinski definition) is 0. The lowest BCUT2D eigenvalue weighted by molar-refractivity contribution is -0.130. The summed E-state index contributed by atoms with van der Waals surface area (Å²) in [5.74, 6) is 2.39. The molecule has 0 N–H and O–H groups in total. The second-order valence-electron chi connectivity index (χ2n) is 6.60. The van der Waals surface area contributed by atoms with Gasteiger partial charge in [-0.05, 0) is 48.7 Å². The maximum Gasteiger partial charge on any atom is 0.226 e. The summed E-state index contributed by atoms with van der Waals surface area (Å²) in [6.07, 6.45) is 0.342. The Labute approximate surface area is 154 Å². The number of amides is 1. The van der Waals surface area contributed by atoms with Crippen LogP contribution in [0.5, 0.6) is 17.2 Å². The van der Waals surface area contributed by atoms with Gasteiger partial charge in [0.15, 0.2) is 11.5 Å². The van der Waals surface area contributed by atoms with E-state index < -0.39 is 0 Å². The SMILES string of the molecule is Cc1ccc(C)c(OCCC(=O)N(C)Cc2ccc3c(c2)OCCO3)c1. The van der Waals surface area contributed by atoms with Crippen LogP contribution in [0, 0.1) is 13.8 Å². The van der Waals surface area contributed by atoms with Gasteiger partial charge in [-0.3, -0.25) is 4.79 Å². The Bertz CT molecular complexity index is 788. The first kappa shape index (κ1) is 18.1. The number of nitrogens with zero attached hydrogens (tertiary/aromatic N) is 1. The number of carbonyl (C=O) groups excluding carboxylic acids is 1. The Kier molecular flexibility index (Phi) is 5.66. The van der Waals surface area contributed by atoms with Crippen LogP contribution in [0.2, 0.25) is 0 Å². The van der Waals surface area contributed by atoms with Gasteiger partial charge in [-0.1, -0.05) is 18.2 Å². The Balaban J connectivity index is 1.51. The van der Waals surface area contributed by atoms with E-state index in [0.717, 1.165) is 33.9 Å². The topological polar surface area (TPSA) is 48.0 Å². The van der Waals surface area contributed by atoms with Crippen molar-refractivity contribution in [2.24, 2.45) is 0 Å². The monoisotopic (exact) mass is 355 g/mol. The molecule has 5 nitrogen and oxygen atoms in total. The zero-order valence-corrected chi connectivity index (χ0v) is 15.6. The van der Waals surface area contributed by atoms with E-state index in [0.29, 0.717) is 32.8 Å². The summed E-state index contributed by atoms with van der Waals surface area (Å²) < 4.78 is 16.9. The van der Waals surface area contributed by atoms with Crippen LogP contribution in [0.3, 0.4) is 0 Å². The van der Waals surface area contributed by atoms with Crippen LogP contribution in [0.15, 0.2) is 36.4 Å². The lowest BCUT2D eigenvalue weighted by atomic mass is 10.1. The molecule has 0 saturated carbocycles. The number of ether oxygens (including phenoxy) is 3. The molecule has 1 amide bonds. The molecule has 26 heavy (non-hydrogen) atoms. The first-order valence-corrected chi connectivity index (χ1v) is 8.85. The average molecular weight is 355 g/mol. The van der Waals surface area contributed by atoms with E-state index in [-0.39, 0.29) is 5.91 Å². The molecule has 0 aromatic heterocycles. The third-order valence-electron chi connectivity index (χ3n) is 4.37.